The molecule has 0 aliphatic rings. The third-order valence-corrected chi connectivity index (χ3v) is 4.72. The first-order valence-electron chi connectivity index (χ1n) is 9.48. The average molecular weight is 413 g/mol. The van der Waals surface area contributed by atoms with E-state index < -0.39 is 0 Å². The zero-order valence-corrected chi connectivity index (χ0v) is 17.4. The first-order chi connectivity index (χ1) is 14.2. The van der Waals surface area contributed by atoms with Crippen molar-refractivity contribution in [1.82, 2.24) is 10.3 Å². The van der Waals surface area contributed by atoms with E-state index in [-0.39, 0.29) is 6.04 Å². The minimum absolute atomic E-state index is 0.153. The highest BCUT2D eigenvalue weighted by molar-refractivity contribution is 6.32. The number of hydrogen-bond donors (Lipinski definition) is 1. The zero-order chi connectivity index (χ0) is 20.5. The van der Waals surface area contributed by atoms with Crippen molar-refractivity contribution in [3.05, 3.63) is 83.1 Å². The molecule has 1 aromatic heterocycles. The van der Waals surface area contributed by atoms with E-state index in [0.717, 1.165) is 11.3 Å². The fourth-order valence-corrected chi connectivity index (χ4v) is 3.00. The Morgan fingerprint density at radius 1 is 0.931 bits per heavy atom. The van der Waals surface area contributed by atoms with Gasteiger partial charge in [0.05, 0.1) is 17.8 Å². The van der Waals surface area contributed by atoms with Crippen LogP contribution in [0.3, 0.4) is 0 Å². The highest BCUT2D eigenvalue weighted by Gasteiger charge is 2.09. The number of hydrogen-bond acceptors (Lipinski definition) is 5. The smallest absolute Gasteiger partial charge is 0.161 e. The van der Waals surface area contributed by atoms with Crippen LogP contribution < -0.4 is 19.5 Å². The number of ether oxygens (including phenoxy) is 3. The van der Waals surface area contributed by atoms with Crippen molar-refractivity contribution in [1.29, 1.82) is 0 Å². The number of para-hydroxylation sites is 1. The Hall–Kier alpha value is -2.76. The third-order valence-electron chi connectivity index (χ3n) is 4.41. The Morgan fingerprint density at radius 2 is 1.69 bits per heavy atom. The fraction of sp³-hybridized carbons (Fsp3) is 0.261. The lowest BCUT2D eigenvalue weighted by molar-refractivity contribution is 0.211. The van der Waals surface area contributed by atoms with Crippen molar-refractivity contribution in [3.8, 4) is 17.2 Å². The largest absolute Gasteiger partial charge is 0.493 e. The van der Waals surface area contributed by atoms with Crippen LogP contribution in [0.2, 0.25) is 5.02 Å². The van der Waals surface area contributed by atoms with Gasteiger partial charge in [0, 0.05) is 18.8 Å². The van der Waals surface area contributed by atoms with Crippen LogP contribution in [0.4, 0.5) is 0 Å². The molecule has 1 heterocycles. The SMILES string of the molecule is COc1cc(CN[C@@H](C)c2ccccn2)ccc1OCCOc1ccccc1Cl. The maximum atomic E-state index is 6.08. The van der Waals surface area contributed by atoms with Crippen molar-refractivity contribution in [2.45, 2.75) is 19.5 Å². The molecule has 1 atom stereocenters. The molecule has 5 nitrogen and oxygen atoms in total. The second kappa shape index (κ2) is 10.7. The van der Waals surface area contributed by atoms with E-state index in [0.29, 0.717) is 42.0 Å². The molecule has 0 saturated heterocycles. The number of benzene rings is 2. The number of halogens is 1. The molecule has 0 amide bonds. The summed E-state index contributed by atoms with van der Waals surface area (Å²) in [6.07, 6.45) is 1.80. The van der Waals surface area contributed by atoms with Gasteiger partial charge in [-0.25, -0.2) is 0 Å². The van der Waals surface area contributed by atoms with E-state index in [1.54, 1.807) is 19.4 Å². The Balaban J connectivity index is 1.51. The fourth-order valence-electron chi connectivity index (χ4n) is 2.81. The average Bonchev–Trinajstić information content (AvgIpc) is 2.77. The lowest BCUT2D eigenvalue weighted by atomic mass is 10.1. The summed E-state index contributed by atoms with van der Waals surface area (Å²) in [6.45, 7) is 3.56. The first-order valence-corrected chi connectivity index (χ1v) is 9.86. The number of methoxy groups -OCH3 is 1. The molecule has 0 spiro atoms. The van der Waals surface area contributed by atoms with Crippen molar-refractivity contribution >= 4 is 11.6 Å². The Bertz CT molecular complexity index is 906. The number of pyridine rings is 1. The van der Waals surface area contributed by atoms with E-state index in [2.05, 4.69) is 17.2 Å². The molecule has 0 unspecified atom stereocenters. The Morgan fingerprint density at radius 3 is 2.41 bits per heavy atom. The summed E-state index contributed by atoms with van der Waals surface area (Å²) < 4.78 is 16.9. The molecular formula is C23H25ClN2O3. The molecule has 152 valence electrons. The summed E-state index contributed by atoms with van der Waals surface area (Å²) in [5.41, 5.74) is 2.11. The van der Waals surface area contributed by atoms with Gasteiger partial charge < -0.3 is 19.5 Å². The molecule has 0 aliphatic carbocycles. The maximum absolute atomic E-state index is 6.08. The van der Waals surface area contributed by atoms with Gasteiger partial charge in [0.2, 0.25) is 0 Å². The summed E-state index contributed by atoms with van der Waals surface area (Å²) in [5.74, 6) is 2.01. The highest BCUT2D eigenvalue weighted by atomic mass is 35.5. The molecule has 0 saturated carbocycles. The van der Waals surface area contributed by atoms with Crippen LogP contribution in [-0.4, -0.2) is 25.3 Å². The van der Waals surface area contributed by atoms with Crippen LogP contribution in [0.1, 0.15) is 24.2 Å². The third kappa shape index (κ3) is 6.11. The first kappa shape index (κ1) is 21.0. The van der Waals surface area contributed by atoms with Gasteiger partial charge >= 0.3 is 0 Å². The van der Waals surface area contributed by atoms with Crippen molar-refractivity contribution < 1.29 is 14.2 Å². The summed E-state index contributed by atoms with van der Waals surface area (Å²) in [5, 5.41) is 4.06. The molecular weight excluding hydrogens is 388 g/mol. The van der Waals surface area contributed by atoms with E-state index in [1.807, 2.05) is 54.6 Å². The van der Waals surface area contributed by atoms with Gasteiger partial charge in [-0.15, -0.1) is 0 Å². The van der Waals surface area contributed by atoms with Crippen LogP contribution in [0.15, 0.2) is 66.9 Å². The van der Waals surface area contributed by atoms with Gasteiger partial charge in [0.25, 0.3) is 0 Å². The van der Waals surface area contributed by atoms with Crippen LogP contribution >= 0.6 is 11.6 Å². The summed E-state index contributed by atoms with van der Waals surface area (Å²) in [7, 11) is 1.64. The molecule has 0 aliphatic heterocycles. The second-order valence-electron chi connectivity index (χ2n) is 6.47. The Kier molecular flexibility index (Phi) is 7.73. The molecule has 3 aromatic rings. The van der Waals surface area contributed by atoms with E-state index in [4.69, 9.17) is 25.8 Å². The highest BCUT2D eigenvalue weighted by Crippen LogP contribution is 2.28. The molecule has 1 N–H and O–H groups in total. The summed E-state index contributed by atoms with van der Waals surface area (Å²) in [6, 6.07) is 19.4. The normalized spacial score (nSPS) is 11.7. The van der Waals surface area contributed by atoms with Crippen LogP contribution in [0.5, 0.6) is 17.2 Å². The number of rotatable bonds is 10. The van der Waals surface area contributed by atoms with Crippen LogP contribution in [0, 0.1) is 0 Å². The second-order valence-corrected chi connectivity index (χ2v) is 6.88. The predicted octanol–water partition coefficient (Wildman–Crippen LogP) is 5.05. The van der Waals surface area contributed by atoms with E-state index in [9.17, 15) is 0 Å². The molecule has 2 aromatic carbocycles. The zero-order valence-electron chi connectivity index (χ0n) is 16.6. The van der Waals surface area contributed by atoms with Gasteiger partial charge in [-0.1, -0.05) is 35.9 Å². The quantitative estimate of drug-likeness (QED) is 0.472. The standard InChI is InChI=1S/C23H25ClN2O3/c1-17(20-8-5-6-12-25-20)26-16-18-10-11-22(23(15-18)27-2)29-14-13-28-21-9-4-3-7-19(21)24/h3-12,15,17,26H,13-14,16H2,1-2H3/t17-/m0/s1. The van der Waals surface area contributed by atoms with Gasteiger partial charge in [-0.05, 0) is 48.9 Å². The van der Waals surface area contributed by atoms with Gasteiger partial charge in [0.1, 0.15) is 19.0 Å². The molecule has 0 fully saturated rings. The summed E-state index contributed by atoms with van der Waals surface area (Å²) in [4.78, 5) is 4.38. The topological polar surface area (TPSA) is 52.6 Å². The minimum atomic E-state index is 0.153. The van der Waals surface area contributed by atoms with Gasteiger partial charge in [-0.2, -0.15) is 0 Å². The maximum Gasteiger partial charge on any atom is 0.161 e. The molecule has 6 heteroatoms. The molecule has 3 rings (SSSR count). The number of aromatic nitrogens is 1. The number of nitrogens with zero attached hydrogens (tertiary/aromatic N) is 1. The van der Waals surface area contributed by atoms with Crippen molar-refractivity contribution in [2.75, 3.05) is 20.3 Å². The van der Waals surface area contributed by atoms with Crippen LogP contribution in [0.25, 0.3) is 0 Å². The number of nitrogens with one attached hydrogen (secondary N) is 1. The summed E-state index contributed by atoms with van der Waals surface area (Å²) >= 11 is 6.08. The van der Waals surface area contributed by atoms with Crippen LogP contribution in [-0.2, 0) is 6.54 Å². The van der Waals surface area contributed by atoms with Crippen molar-refractivity contribution in [2.24, 2.45) is 0 Å². The lowest BCUT2D eigenvalue weighted by Gasteiger charge is -2.15. The van der Waals surface area contributed by atoms with Gasteiger partial charge in [-0.3, -0.25) is 4.98 Å². The molecule has 29 heavy (non-hydrogen) atoms. The lowest BCUT2D eigenvalue weighted by Crippen LogP contribution is -2.19. The predicted molar refractivity (Wildman–Crippen MR) is 115 cm³/mol. The molecule has 0 radical (unpaired) electrons. The minimum Gasteiger partial charge on any atom is -0.493 e. The molecule has 0 bridgehead atoms. The Labute approximate surface area is 176 Å². The van der Waals surface area contributed by atoms with Crippen molar-refractivity contribution in [3.63, 3.8) is 0 Å². The monoisotopic (exact) mass is 412 g/mol. The van der Waals surface area contributed by atoms with E-state index in [1.165, 1.54) is 0 Å². The van der Waals surface area contributed by atoms with E-state index >= 15 is 0 Å². The van der Waals surface area contributed by atoms with Gasteiger partial charge in [0.15, 0.2) is 11.5 Å².